The molecule has 0 spiro atoms. The van der Waals surface area contributed by atoms with Crippen LogP contribution in [0.5, 0.6) is 0 Å². The quantitative estimate of drug-likeness (QED) is 0.298. The molecule has 3 heterocycles. The van der Waals surface area contributed by atoms with Crippen molar-refractivity contribution in [3.05, 3.63) is 23.0 Å². The van der Waals surface area contributed by atoms with E-state index in [9.17, 15) is 9.90 Å². The Hall–Kier alpha value is -1.20. The van der Waals surface area contributed by atoms with Crippen LogP contribution in [0.15, 0.2) is 17.4 Å². The number of nitrogens with zero attached hydrogens (tertiary/aromatic N) is 4. The lowest BCUT2D eigenvalue weighted by Crippen LogP contribution is -2.54. The van der Waals surface area contributed by atoms with Crippen LogP contribution in [0.25, 0.3) is 11.2 Å². The molecule has 0 aliphatic carbocycles. The van der Waals surface area contributed by atoms with E-state index in [0.717, 1.165) is 0 Å². The van der Waals surface area contributed by atoms with Crippen molar-refractivity contribution in [1.29, 1.82) is 0 Å². The van der Waals surface area contributed by atoms with Crippen molar-refractivity contribution in [1.82, 2.24) is 19.1 Å². The zero-order valence-corrected chi connectivity index (χ0v) is 32.4. The smallest absolute Gasteiger partial charge is 0.281 e. The third-order valence-electron chi connectivity index (χ3n) is 10.3. The van der Waals surface area contributed by atoms with Crippen molar-refractivity contribution >= 4 is 36.1 Å². The highest BCUT2D eigenvalue weighted by Gasteiger charge is 2.55. The van der Waals surface area contributed by atoms with Gasteiger partial charge in [0.05, 0.1) is 26.1 Å². The van der Waals surface area contributed by atoms with E-state index in [1.165, 1.54) is 10.9 Å². The molecule has 0 amide bonds. The minimum Gasteiger partial charge on any atom is -0.414 e. The molecule has 1 N–H and O–H groups in total. The van der Waals surface area contributed by atoms with Gasteiger partial charge in [0.2, 0.25) is 0 Å². The molecule has 3 rings (SSSR count). The lowest BCUT2D eigenvalue weighted by Gasteiger charge is -2.44. The molecule has 0 saturated carbocycles. The normalized spacial score (nSPS) is 23.0. The molecule has 0 aromatic carbocycles. The second-order valence-electron chi connectivity index (χ2n) is 16.6. The summed E-state index contributed by atoms with van der Waals surface area (Å²) in [4.78, 5) is 22.2. The minimum atomic E-state index is -2.33. The molecule has 2 aromatic heterocycles. The molecular weight excluding hydrogens is 597 g/mol. The van der Waals surface area contributed by atoms with E-state index < -0.39 is 49.5 Å². The van der Waals surface area contributed by atoms with Gasteiger partial charge in [-0.3, -0.25) is 13.9 Å². The van der Waals surface area contributed by atoms with Crippen molar-refractivity contribution in [2.45, 2.75) is 148 Å². The Kier molecular flexibility index (Phi) is 10.3. The maximum Gasteiger partial charge on any atom is 0.281 e. The Bertz CT molecular complexity index is 1320. The summed E-state index contributed by atoms with van der Waals surface area (Å²) in [6.45, 7) is 34.0. The molecule has 43 heavy (non-hydrogen) atoms. The molecule has 1 aliphatic rings. The number of imidazole rings is 1. The van der Waals surface area contributed by atoms with Gasteiger partial charge in [0.1, 0.15) is 24.6 Å². The minimum absolute atomic E-state index is 0.0293. The molecule has 1 aliphatic heterocycles. The predicted octanol–water partition coefficient (Wildman–Crippen LogP) is 6.29. The molecule has 4 atom stereocenters. The molecule has 0 radical (unpaired) electrons. The fourth-order valence-corrected chi connectivity index (χ4v) is 7.89. The summed E-state index contributed by atoms with van der Waals surface area (Å²) in [5.41, 5.74) is 0.350. The van der Waals surface area contributed by atoms with E-state index in [2.05, 4.69) is 112 Å². The topological polar surface area (TPSA) is 110 Å². The standard InChI is InChI=1S/C30H58N4O6Si3/c1-28(2,3)41(10,11)37-18-21-23(39-42(12,13)29(4,5)6)24(40-43(14,15)30(7,8)9)27(38-21)34-20-31-22-25(34)32-19-33(16-17-35)26(22)36/h19-21,23-24,27,35H,16-18H2,1-15H3/t21-,23-,24-,27-/m1/s1. The van der Waals surface area contributed by atoms with Gasteiger partial charge in [0.25, 0.3) is 5.56 Å². The maximum absolute atomic E-state index is 13.2. The number of ether oxygens (including phenoxy) is 1. The molecular formula is C30H58N4O6Si3. The third kappa shape index (κ3) is 7.45. The molecule has 1 saturated heterocycles. The average Bonchev–Trinajstić information content (AvgIpc) is 3.39. The molecule has 0 unspecified atom stereocenters. The largest absolute Gasteiger partial charge is 0.414 e. The van der Waals surface area contributed by atoms with Crippen LogP contribution in [0.4, 0.5) is 0 Å². The van der Waals surface area contributed by atoms with E-state index in [1.807, 2.05) is 4.57 Å². The average molecular weight is 655 g/mol. The summed E-state index contributed by atoms with van der Waals surface area (Å²) in [6, 6.07) is 0. The van der Waals surface area contributed by atoms with E-state index in [1.54, 1.807) is 6.33 Å². The van der Waals surface area contributed by atoms with Gasteiger partial charge in [-0.15, -0.1) is 0 Å². The van der Waals surface area contributed by atoms with Gasteiger partial charge in [0, 0.05) is 0 Å². The van der Waals surface area contributed by atoms with Gasteiger partial charge in [0.15, 0.2) is 42.3 Å². The molecule has 246 valence electrons. The summed E-state index contributed by atoms with van der Waals surface area (Å²) in [7, 11) is -6.72. The Labute approximate surface area is 261 Å². The van der Waals surface area contributed by atoms with Crippen LogP contribution in [0.2, 0.25) is 54.4 Å². The van der Waals surface area contributed by atoms with E-state index >= 15 is 0 Å². The monoisotopic (exact) mass is 654 g/mol. The first-order chi connectivity index (χ1) is 19.3. The lowest BCUT2D eigenvalue weighted by molar-refractivity contribution is -0.0470. The first-order valence-corrected chi connectivity index (χ1v) is 24.2. The summed E-state index contributed by atoms with van der Waals surface area (Å²) < 4.78 is 31.3. The van der Waals surface area contributed by atoms with Gasteiger partial charge >= 0.3 is 0 Å². The number of hydrogen-bond donors (Lipinski definition) is 1. The highest BCUT2D eigenvalue weighted by atomic mass is 28.4. The van der Waals surface area contributed by atoms with Crippen molar-refractivity contribution in [2.24, 2.45) is 0 Å². The van der Waals surface area contributed by atoms with Crippen molar-refractivity contribution in [2.75, 3.05) is 13.2 Å². The van der Waals surface area contributed by atoms with E-state index in [4.69, 9.17) is 18.0 Å². The number of fused-ring (bicyclic) bond motifs is 1. The predicted molar refractivity (Wildman–Crippen MR) is 180 cm³/mol. The Morgan fingerprint density at radius 1 is 0.814 bits per heavy atom. The second kappa shape index (κ2) is 12.2. The van der Waals surface area contributed by atoms with Gasteiger partial charge in [-0.1, -0.05) is 62.3 Å². The van der Waals surface area contributed by atoms with Crippen molar-refractivity contribution < 1.29 is 23.1 Å². The van der Waals surface area contributed by atoms with Crippen molar-refractivity contribution in [3.63, 3.8) is 0 Å². The number of aliphatic hydroxyl groups excluding tert-OH is 1. The lowest BCUT2D eigenvalue weighted by atomic mass is 10.1. The highest BCUT2D eigenvalue weighted by molar-refractivity contribution is 6.75. The van der Waals surface area contributed by atoms with Gasteiger partial charge in [-0.05, 0) is 54.4 Å². The number of aromatic nitrogens is 4. The summed E-state index contributed by atoms with van der Waals surface area (Å²) in [6.07, 6.45) is 1.20. The number of aliphatic hydroxyl groups is 1. The first-order valence-electron chi connectivity index (χ1n) is 15.5. The van der Waals surface area contributed by atoms with Gasteiger partial charge in [-0.25, -0.2) is 9.97 Å². The number of rotatable bonds is 10. The fourth-order valence-electron chi connectivity index (χ4n) is 4.27. The SMILES string of the molecule is CC(C)(C)[Si](C)(C)OC[C@H]1O[C@@H](n2cnc3c(=O)n(CCO)cnc32)[C@H](O[Si](C)(C)C(C)(C)C)[C@@H]1O[Si](C)(C)C(C)(C)C. The Balaban J connectivity index is 2.18. The van der Waals surface area contributed by atoms with Crippen LogP contribution in [0.1, 0.15) is 68.5 Å². The second-order valence-corrected chi connectivity index (χ2v) is 30.9. The van der Waals surface area contributed by atoms with Crippen LogP contribution in [0, 0.1) is 0 Å². The molecule has 1 fully saturated rings. The highest BCUT2D eigenvalue weighted by Crippen LogP contribution is 2.46. The van der Waals surface area contributed by atoms with Crippen LogP contribution >= 0.6 is 0 Å². The van der Waals surface area contributed by atoms with E-state index in [-0.39, 0.29) is 39.3 Å². The fraction of sp³-hybridized carbons (Fsp3) is 0.833. The summed E-state index contributed by atoms with van der Waals surface area (Å²) in [5, 5.41) is 9.36. The molecule has 10 nitrogen and oxygen atoms in total. The first kappa shape index (κ1) is 36.3. The summed E-state index contributed by atoms with van der Waals surface area (Å²) >= 11 is 0. The zero-order chi connectivity index (χ0) is 33.0. The molecule has 2 aromatic rings. The van der Waals surface area contributed by atoms with Gasteiger partial charge in [-0.2, -0.15) is 0 Å². The van der Waals surface area contributed by atoms with E-state index in [0.29, 0.717) is 12.3 Å². The Morgan fingerprint density at radius 3 is 1.81 bits per heavy atom. The van der Waals surface area contributed by atoms with Crippen LogP contribution < -0.4 is 5.56 Å². The zero-order valence-electron chi connectivity index (χ0n) is 29.4. The Morgan fingerprint density at radius 2 is 1.33 bits per heavy atom. The summed E-state index contributed by atoms with van der Waals surface area (Å²) in [5.74, 6) is 0. The van der Waals surface area contributed by atoms with Gasteiger partial charge < -0.3 is 23.1 Å². The molecule has 0 bridgehead atoms. The van der Waals surface area contributed by atoms with Crippen LogP contribution in [-0.4, -0.2) is 80.7 Å². The van der Waals surface area contributed by atoms with Crippen molar-refractivity contribution in [3.8, 4) is 0 Å². The maximum atomic E-state index is 13.2. The molecule has 13 heteroatoms. The van der Waals surface area contributed by atoms with Crippen LogP contribution in [-0.2, 0) is 24.6 Å². The van der Waals surface area contributed by atoms with Crippen LogP contribution in [0.3, 0.4) is 0 Å². The number of hydrogen-bond acceptors (Lipinski definition) is 8. The third-order valence-corrected chi connectivity index (χ3v) is 23.8.